The highest BCUT2D eigenvalue weighted by molar-refractivity contribution is 7.95. The van der Waals surface area contributed by atoms with Crippen molar-refractivity contribution in [2.24, 2.45) is 17.3 Å². The molecule has 0 aromatic carbocycles. The second-order valence-corrected chi connectivity index (χ2v) is 7.26. The van der Waals surface area contributed by atoms with Crippen LogP contribution in [0.5, 0.6) is 0 Å². The molecule has 0 amide bonds. The standard InChI is InChI=1S/C15H26F2O3S/c1-4-6-12-7-11(5-2)8-14(3,9-12)10-20-13(18)15(16,17)21-19/h11-12,19H,4-10H2,1-3H3. The average molecular weight is 324 g/mol. The highest BCUT2D eigenvalue weighted by Gasteiger charge is 2.44. The molecule has 1 rings (SSSR count). The number of ether oxygens (including phenoxy) is 1. The maximum Gasteiger partial charge on any atom is 0.412 e. The monoisotopic (exact) mass is 324 g/mol. The van der Waals surface area contributed by atoms with E-state index < -0.39 is 23.3 Å². The van der Waals surface area contributed by atoms with Crippen LogP contribution in [-0.4, -0.2) is 22.4 Å². The van der Waals surface area contributed by atoms with Gasteiger partial charge in [-0.1, -0.05) is 40.0 Å². The molecule has 0 spiro atoms. The summed E-state index contributed by atoms with van der Waals surface area (Å²) in [6, 6.07) is 0. The zero-order valence-electron chi connectivity index (χ0n) is 13.0. The van der Waals surface area contributed by atoms with E-state index in [1.807, 2.05) is 6.92 Å². The predicted molar refractivity (Wildman–Crippen MR) is 80.3 cm³/mol. The van der Waals surface area contributed by atoms with Crippen LogP contribution >= 0.6 is 12.0 Å². The Morgan fingerprint density at radius 1 is 1.38 bits per heavy atom. The van der Waals surface area contributed by atoms with Crippen molar-refractivity contribution in [3.05, 3.63) is 0 Å². The molecule has 1 aliphatic carbocycles. The van der Waals surface area contributed by atoms with Gasteiger partial charge in [-0.2, -0.15) is 8.78 Å². The summed E-state index contributed by atoms with van der Waals surface area (Å²) in [5, 5.41) is -3.88. The largest absolute Gasteiger partial charge is 0.460 e. The summed E-state index contributed by atoms with van der Waals surface area (Å²) >= 11 is -0.773. The molecule has 1 saturated carbocycles. The third-order valence-corrected chi connectivity index (χ3v) is 4.80. The second-order valence-electron chi connectivity index (χ2n) is 6.57. The van der Waals surface area contributed by atoms with Gasteiger partial charge in [-0.25, -0.2) is 4.79 Å². The fourth-order valence-electron chi connectivity index (χ4n) is 3.53. The Labute approximate surface area is 130 Å². The number of hydrogen-bond donors (Lipinski definition) is 1. The van der Waals surface area contributed by atoms with E-state index in [0.717, 1.165) is 32.1 Å². The predicted octanol–water partition coefficient (Wildman–Crippen LogP) is 4.96. The molecule has 124 valence electrons. The van der Waals surface area contributed by atoms with Crippen LogP contribution in [0.25, 0.3) is 0 Å². The highest BCUT2D eigenvalue weighted by atomic mass is 32.2. The van der Waals surface area contributed by atoms with Gasteiger partial charge in [0.15, 0.2) is 0 Å². The molecular formula is C15H26F2O3S. The SMILES string of the molecule is CCCC1CC(CC)CC(C)(COC(=O)C(F)(F)SO)C1. The third-order valence-electron chi connectivity index (χ3n) is 4.41. The Kier molecular flexibility index (Phi) is 6.91. The minimum Gasteiger partial charge on any atom is -0.460 e. The van der Waals surface area contributed by atoms with Gasteiger partial charge in [0.1, 0.15) is 0 Å². The smallest absolute Gasteiger partial charge is 0.412 e. The topological polar surface area (TPSA) is 46.5 Å². The lowest BCUT2D eigenvalue weighted by atomic mass is 9.65. The molecular weight excluding hydrogens is 298 g/mol. The van der Waals surface area contributed by atoms with E-state index in [9.17, 15) is 13.6 Å². The Morgan fingerprint density at radius 3 is 2.52 bits per heavy atom. The number of carbonyl (C=O) groups excluding carboxylic acids is 1. The molecule has 0 aromatic rings. The van der Waals surface area contributed by atoms with Crippen molar-refractivity contribution in [2.75, 3.05) is 6.61 Å². The van der Waals surface area contributed by atoms with Crippen molar-refractivity contribution in [1.29, 1.82) is 0 Å². The van der Waals surface area contributed by atoms with Crippen molar-refractivity contribution in [2.45, 2.75) is 64.6 Å². The molecule has 0 aromatic heterocycles. The van der Waals surface area contributed by atoms with Crippen LogP contribution in [0.1, 0.15) is 59.3 Å². The number of hydrogen-bond acceptors (Lipinski definition) is 4. The van der Waals surface area contributed by atoms with Gasteiger partial charge < -0.3 is 9.29 Å². The summed E-state index contributed by atoms with van der Waals surface area (Å²) in [5.74, 6) is -0.515. The van der Waals surface area contributed by atoms with Crippen molar-refractivity contribution in [3.63, 3.8) is 0 Å². The van der Waals surface area contributed by atoms with Crippen molar-refractivity contribution in [1.82, 2.24) is 0 Å². The maximum absolute atomic E-state index is 13.0. The summed E-state index contributed by atoms with van der Waals surface area (Å²) < 4.78 is 39.2. The van der Waals surface area contributed by atoms with E-state index in [-0.39, 0.29) is 12.0 Å². The fraction of sp³-hybridized carbons (Fsp3) is 0.933. The summed E-state index contributed by atoms with van der Waals surface area (Å²) in [6.07, 6.45) is 6.28. The molecule has 21 heavy (non-hydrogen) atoms. The summed E-state index contributed by atoms with van der Waals surface area (Å²) in [5.41, 5.74) is -0.245. The lowest BCUT2D eigenvalue weighted by molar-refractivity contribution is -0.165. The molecule has 0 bridgehead atoms. The molecule has 0 heterocycles. The number of alkyl halides is 2. The Bertz CT molecular complexity index is 352. The Balaban J connectivity index is 2.63. The van der Waals surface area contributed by atoms with Crippen molar-refractivity contribution < 1.29 is 22.9 Å². The summed E-state index contributed by atoms with van der Waals surface area (Å²) in [7, 11) is 0. The zero-order valence-corrected chi connectivity index (χ0v) is 13.8. The van der Waals surface area contributed by atoms with Crippen LogP contribution in [0, 0.1) is 17.3 Å². The molecule has 6 heteroatoms. The van der Waals surface area contributed by atoms with Crippen LogP contribution < -0.4 is 0 Å². The first-order valence-electron chi connectivity index (χ1n) is 7.64. The molecule has 3 unspecified atom stereocenters. The van der Waals surface area contributed by atoms with Crippen LogP contribution in [0.2, 0.25) is 0 Å². The van der Waals surface area contributed by atoms with Crippen LogP contribution in [-0.2, 0) is 9.53 Å². The van der Waals surface area contributed by atoms with Crippen LogP contribution in [0.4, 0.5) is 8.78 Å². The lowest BCUT2D eigenvalue weighted by Gasteiger charge is -2.42. The minimum absolute atomic E-state index is 0.00129. The van der Waals surface area contributed by atoms with E-state index >= 15 is 0 Å². The first-order chi connectivity index (χ1) is 9.76. The van der Waals surface area contributed by atoms with E-state index in [2.05, 4.69) is 13.8 Å². The summed E-state index contributed by atoms with van der Waals surface area (Å²) in [6.45, 7) is 6.29. The maximum atomic E-state index is 13.0. The zero-order chi connectivity index (χ0) is 16.1. The average Bonchev–Trinajstić information content (AvgIpc) is 2.44. The molecule has 0 saturated heterocycles. The molecule has 3 atom stereocenters. The number of halogens is 2. The first-order valence-corrected chi connectivity index (χ1v) is 8.41. The van der Waals surface area contributed by atoms with Gasteiger partial charge in [0.25, 0.3) is 0 Å². The summed E-state index contributed by atoms with van der Waals surface area (Å²) in [4.78, 5) is 11.3. The molecule has 0 aliphatic heterocycles. The molecule has 1 aliphatic rings. The van der Waals surface area contributed by atoms with Crippen molar-refractivity contribution >= 4 is 18.0 Å². The molecule has 3 nitrogen and oxygen atoms in total. The first kappa shape index (κ1) is 18.7. The number of esters is 1. The lowest BCUT2D eigenvalue weighted by Crippen LogP contribution is -2.37. The van der Waals surface area contributed by atoms with Crippen molar-refractivity contribution in [3.8, 4) is 0 Å². The van der Waals surface area contributed by atoms with Gasteiger partial charge in [-0.05, 0) is 31.1 Å². The molecule has 0 radical (unpaired) electrons. The number of rotatable bonds is 7. The second kappa shape index (κ2) is 7.77. The van der Waals surface area contributed by atoms with E-state index in [1.54, 1.807) is 0 Å². The van der Waals surface area contributed by atoms with Gasteiger partial charge in [0.05, 0.1) is 18.6 Å². The number of carbonyl (C=O) groups is 1. The fourth-order valence-corrected chi connectivity index (χ4v) is 3.67. The normalized spacial score (nSPS) is 30.2. The third kappa shape index (κ3) is 5.40. The van der Waals surface area contributed by atoms with Gasteiger partial charge in [-0.15, -0.1) is 0 Å². The minimum atomic E-state index is -3.88. The van der Waals surface area contributed by atoms with Gasteiger partial charge in [-0.3, -0.25) is 0 Å². The molecule has 1 N–H and O–H groups in total. The molecule has 1 fully saturated rings. The van der Waals surface area contributed by atoms with E-state index in [4.69, 9.17) is 9.29 Å². The Morgan fingerprint density at radius 2 is 2.00 bits per heavy atom. The van der Waals surface area contributed by atoms with E-state index in [1.165, 1.54) is 6.42 Å². The van der Waals surface area contributed by atoms with Gasteiger partial charge in [0, 0.05) is 5.41 Å². The van der Waals surface area contributed by atoms with E-state index in [0.29, 0.717) is 11.8 Å². The van der Waals surface area contributed by atoms with Crippen LogP contribution in [0.3, 0.4) is 0 Å². The van der Waals surface area contributed by atoms with Gasteiger partial charge in [0.2, 0.25) is 0 Å². The quantitative estimate of drug-likeness (QED) is 0.531. The highest BCUT2D eigenvalue weighted by Crippen LogP contribution is 2.45. The van der Waals surface area contributed by atoms with Gasteiger partial charge >= 0.3 is 11.2 Å². The Hall–Kier alpha value is -0.360. The van der Waals surface area contributed by atoms with Crippen LogP contribution in [0.15, 0.2) is 0 Å².